The average Bonchev–Trinajstić information content (AvgIpc) is 2.46. The summed E-state index contributed by atoms with van der Waals surface area (Å²) in [7, 11) is 0. The summed E-state index contributed by atoms with van der Waals surface area (Å²) in [6.07, 6.45) is 3.32. The highest BCUT2D eigenvalue weighted by Crippen LogP contribution is 2.36. The number of allylic oxidation sites excluding steroid dienone is 1. The molecule has 0 radical (unpaired) electrons. The minimum atomic E-state index is 0.300. The summed E-state index contributed by atoms with van der Waals surface area (Å²) in [5, 5.41) is 11.8. The van der Waals surface area contributed by atoms with E-state index in [1.807, 2.05) is 0 Å². The summed E-state index contributed by atoms with van der Waals surface area (Å²) in [6, 6.07) is 8.92. The second-order valence-corrected chi connectivity index (χ2v) is 6.17. The summed E-state index contributed by atoms with van der Waals surface area (Å²) >= 11 is 1.79. The molecule has 0 saturated carbocycles. The van der Waals surface area contributed by atoms with E-state index in [0.29, 0.717) is 17.8 Å². The predicted molar refractivity (Wildman–Crippen MR) is 80.0 cm³/mol. The van der Waals surface area contributed by atoms with Crippen LogP contribution in [-0.2, 0) is 6.42 Å². The van der Waals surface area contributed by atoms with Crippen molar-refractivity contribution in [2.24, 2.45) is 0 Å². The van der Waals surface area contributed by atoms with Gasteiger partial charge in [0.2, 0.25) is 0 Å². The molecule has 1 heterocycles. The molecule has 0 amide bonds. The summed E-state index contributed by atoms with van der Waals surface area (Å²) < 4.78 is 0. The van der Waals surface area contributed by atoms with Crippen LogP contribution in [0.5, 0.6) is 0 Å². The first-order valence-electron chi connectivity index (χ1n) is 6.78. The fraction of sp³-hybridized carbons (Fsp3) is 0.500. The second kappa shape index (κ2) is 6.44. The number of thioether (sulfide) groups is 1. The number of aliphatic hydroxyl groups is 1. The lowest BCUT2D eigenvalue weighted by Crippen LogP contribution is -2.13. The average molecular weight is 262 g/mol. The molecule has 2 rings (SSSR count). The van der Waals surface area contributed by atoms with Crippen LogP contribution in [0.1, 0.15) is 43.7 Å². The molecule has 98 valence electrons. The van der Waals surface area contributed by atoms with Crippen molar-refractivity contribution in [1.29, 1.82) is 0 Å². The van der Waals surface area contributed by atoms with Crippen molar-refractivity contribution in [3.63, 3.8) is 0 Å². The molecular formula is C16H22OS. The molecule has 0 aromatic heterocycles. The normalized spacial score (nSPS) is 21.5. The molecule has 0 fully saturated rings. The molecule has 2 unspecified atom stereocenters. The molecule has 1 N–H and O–H groups in total. The van der Waals surface area contributed by atoms with Gasteiger partial charge in [-0.25, -0.2) is 0 Å². The van der Waals surface area contributed by atoms with E-state index in [9.17, 15) is 0 Å². The topological polar surface area (TPSA) is 20.2 Å². The zero-order valence-electron chi connectivity index (χ0n) is 11.2. The Bertz CT molecular complexity index is 425. The molecule has 1 aliphatic rings. The van der Waals surface area contributed by atoms with Crippen molar-refractivity contribution in [2.75, 3.05) is 6.61 Å². The maximum Gasteiger partial charge on any atom is 0.0553 e. The van der Waals surface area contributed by atoms with Crippen molar-refractivity contribution in [2.45, 2.75) is 44.3 Å². The van der Waals surface area contributed by atoms with Gasteiger partial charge in [-0.05, 0) is 35.8 Å². The van der Waals surface area contributed by atoms with E-state index in [1.165, 1.54) is 16.7 Å². The number of aliphatic hydroxyl groups excluding tert-OH is 1. The Hall–Kier alpha value is -0.730. The molecule has 1 aromatic rings. The van der Waals surface area contributed by atoms with Gasteiger partial charge in [0.15, 0.2) is 0 Å². The fourth-order valence-electron chi connectivity index (χ4n) is 2.39. The van der Waals surface area contributed by atoms with Crippen LogP contribution in [-0.4, -0.2) is 17.0 Å². The van der Waals surface area contributed by atoms with Gasteiger partial charge in [0.05, 0.1) is 6.61 Å². The van der Waals surface area contributed by atoms with Gasteiger partial charge in [-0.2, -0.15) is 0 Å². The van der Waals surface area contributed by atoms with Gasteiger partial charge in [0.1, 0.15) is 0 Å². The van der Waals surface area contributed by atoms with E-state index in [4.69, 9.17) is 5.11 Å². The molecule has 0 bridgehead atoms. The Morgan fingerprint density at radius 1 is 1.44 bits per heavy atom. The van der Waals surface area contributed by atoms with Crippen molar-refractivity contribution < 1.29 is 5.11 Å². The molecule has 0 saturated heterocycles. The van der Waals surface area contributed by atoms with Gasteiger partial charge in [-0.3, -0.25) is 0 Å². The lowest BCUT2D eigenvalue weighted by Gasteiger charge is -2.24. The van der Waals surface area contributed by atoms with E-state index in [0.717, 1.165) is 19.3 Å². The van der Waals surface area contributed by atoms with Gasteiger partial charge >= 0.3 is 0 Å². The van der Waals surface area contributed by atoms with Gasteiger partial charge in [-0.1, -0.05) is 43.7 Å². The van der Waals surface area contributed by atoms with E-state index in [-0.39, 0.29) is 0 Å². The number of hydrogen-bond acceptors (Lipinski definition) is 2. The Morgan fingerprint density at radius 3 is 2.89 bits per heavy atom. The smallest absolute Gasteiger partial charge is 0.0553 e. The van der Waals surface area contributed by atoms with Crippen LogP contribution < -0.4 is 0 Å². The minimum absolute atomic E-state index is 0.300. The zero-order valence-corrected chi connectivity index (χ0v) is 12.0. The van der Waals surface area contributed by atoms with Crippen LogP contribution in [0.4, 0.5) is 0 Å². The lowest BCUT2D eigenvalue weighted by atomic mass is 9.89. The molecule has 1 nitrogen and oxygen atoms in total. The Kier molecular flexibility index (Phi) is 4.90. The van der Waals surface area contributed by atoms with E-state index < -0.39 is 0 Å². The summed E-state index contributed by atoms with van der Waals surface area (Å²) in [6.45, 7) is 4.79. The molecule has 1 aliphatic heterocycles. The highest BCUT2D eigenvalue weighted by Gasteiger charge is 2.19. The van der Waals surface area contributed by atoms with Gasteiger partial charge in [0, 0.05) is 11.2 Å². The van der Waals surface area contributed by atoms with Gasteiger partial charge in [0.25, 0.3) is 0 Å². The second-order valence-electron chi connectivity index (χ2n) is 4.99. The molecule has 2 atom stereocenters. The summed E-state index contributed by atoms with van der Waals surface area (Å²) in [4.78, 5) is 0. The van der Waals surface area contributed by atoms with Gasteiger partial charge in [-0.15, -0.1) is 11.8 Å². The first-order chi connectivity index (χ1) is 8.74. The SMILES string of the molecule is CCc1cccc(C(C)C2=CSC(CO)CC2)c1. The van der Waals surface area contributed by atoms with E-state index in [2.05, 4.69) is 43.5 Å². The summed E-state index contributed by atoms with van der Waals surface area (Å²) in [5.41, 5.74) is 4.35. The molecule has 18 heavy (non-hydrogen) atoms. The number of aryl methyl sites for hydroxylation is 1. The molecule has 0 spiro atoms. The molecule has 1 aromatic carbocycles. The van der Waals surface area contributed by atoms with Crippen LogP contribution in [0, 0.1) is 0 Å². The third-order valence-corrected chi connectivity index (χ3v) is 4.99. The Balaban J connectivity index is 2.11. The Morgan fingerprint density at radius 2 is 2.28 bits per heavy atom. The van der Waals surface area contributed by atoms with Gasteiger partial charge < -0.3 is 5.11 Å². The van der Waals surface area contributed by atoms with Crippen LogP contribution >= 0.6 is 11.8 Å². The largest absolute Gasteiger partial charge is 0.395 e. The maximum atomic E-state index is 9.15. The number of rotatable bonds is 4. The van der Waals surface area contributed by atoms with Crippen molar-refractivity contribution >= 4 is 11.8 Å². The molecule has 2 heteroatoms. The first kappa shape index (κ1) is 13.7. The standard InChI is InChI=1S/C16H22OS/c1-3-13-5-4-6-14(9-13)12(2)15-7-8-16(10-17)18-11-15/h4-6,9,11-12,16-17H,3,7-8,10H2,1-2H3. The molecule has 0 aliphatic carbocycles. The quantitative estimate of drug-likeness (QED) is 0.880. The third-order valence-electron chi connectivity index (χ3n) is 3.79. The van der Waals surface area contributed by atoms with Crippen LogP contribution in [0.2, 0.25) is 0 Å². The first-order valence-corrected chi connectivity index (χ1v) is 7.73. The minimum Gasteiger partial charge on any atom is -0.395 e. The highest BCUT2D eigenvalue weighted by atomic mass is 32.2. The Labute approximate surface area is 114 Å². The predicted octanol–water partition coefficient (Wildman–Crippen LogP) is 4.12. The third kappa shape index (κ3) is 3.18. The maximum absolute atomic E-state index is 9.15. The monoisotopic (exact) mass is 262 g/mol. The van der Waals surface area contributed by atoms with Crippen molar-refractivity contribution in [1.82, 2.24) is 0 Å². The van der Waals surface area contributed by atoms with Crippen LogP contribution in [0.15, 0.2) is 35.2 Å². The lowest BCUT2D eigenvalue weighted by molar-refractivity contribution is 0.290. The zero-order chi connectivity index (χ0) is 13.0. The van der Waals surface area contributed by atoms with E-state index in [1.54, 1.807) is 11.8 Å². The number of hydrogen-bond donors (Lipinski definition) is 1. The number of benzene rings is 1. The van der Waals surface area contributed by atoms with Crippen molar-refractivity contribution in [3.05, 3.63) is 46.4 Å². The van der Waals surface area contributed by atoms with E-state index >= 15 is 0 Å². The van der Waals surface area contributed by atoms with Crippen molar-refractivity contribution in [3.8, 4) is 0 Å². The van der Waals surface area contributed by atoms with Crippen LogP contribution in [0.25, 0.3) is 0 Å². The van der Waals surface area contributed by atoms with Crippen LogP contribution in [0.3, 0.4) is 0 Å². The highest BCUT2D eigenvalue weighted by molar-refractivity contribution is 8.02. The summed E-state index contributed by atoms with van der Waals surface area (Å²) in [5.74, 6) is 0.503. The fourth-order valence-corrected chi connectivity index (χ4v) is 3.42. The molecular weight excluding hydrogens is 240 g/mol.